The lowest BCUT2D eigenvalue weighted by molar-refractivity contribution is -0.117. The van der Waals surface area contributed by atoms with Crippen molar-refractivity contribution >= 4 is 46.2 Å². The minimum Gasteiger partial charge on any atom is -0.478 e. The van der Waals surface area contributed by atoms with Gasteiger partial charge in [-0.15, -0.1) is 0 Å². The number of nitrogens with zero attached hydrogens (tertiary/aromatic N) is 2. The molecule has 1 atom stereocenters. The van der Waals surface area contributed by atoms with Gasteiger partial charge < -0.3 is 5.11 Å². The number of hydrogen-bond acceptors (Lipinski definition) is 5. The van der Waals surface area contributed by atoms with Gasteiger partial charge in [0.2, 0.25) is 5.91 Å². The number of carbonyl (C=O) groups is 3. The van der Waals surface area contributed by atoms with E-state index in [9.17, 15) is 14.4 Å². The fraction of sp³-hybridized carbons (Fsp3) is 0.333. The summed E-state index contributed by atoms with van der Waals surface area (Å²) >= 11 is 6.87. The second-order valence-electron chi connectivity index (χ2n) is 4.28. The number of halogens is 1. The van der Waals surface area contributed by atoms with Crippen LogP contribution in [-0.4, -0.2) is 38.9 Å². The molecule has 0 bridgehead atoms. The summed E-state index contributed by atoms with van der Waals surface area (Å²) < 4.78 is 0. The van der Waals surface area contributed by atoms with E-state index in [-0.39, 0.29) is 39.2 Å². The molecule has 0 aliphatic carbocycles. The highest BCUT2D eigenvalue weighted by atomic mass is 35.5. The van der Waals surface area contributed by atoms with Crippen molar-refractivity contribution in [2.45, 2.75) is 18.6 Å². The first-order chi connectivity index (χ1) is 9.36. The van der Waals surface area contributed by atoms with Gasteiger partial charge in [0, 0.05) is 25.1 Å². The lowest BCUT2D eigenvalue weighted by Crippen LogP contribution is -2.26. The van der Waals surface area contributed by atoms with Crippen LogP contribution in [0.15, 0.2) is 12.1 Å². The molecular weight excluding hydrogens is 304 g/mol. The summed E-state index contributed by atoms with van der Waals surface area (Å²) in [6.45, 7) is 1.76. The molecule has 0 spiro atoms. The zero-order chi connectivity index (χ0) is 14.9. The van der Waals surface area contributed by atoms with Crippen LogP contribution in [0.4, 0.5) is 5.82 Å². The maximum Gasteiger partial charge on any atom is 0.335 e. The number of carboxylic acid groups (broad SMARTS) is 1. The molecule has 0 radical (unpaired) electrons. The van der Waals surface area contributed by atoms with Crippen LogP contribution >= 0.6 is 23.4 Å². The van der Waals surface area contributed by atoms with Gasteiger partial charge in [-0.2, -0.15) is 0 Å². The van der Waals surface area contributed by atoms with Crippen molar-refractivity contribution in [3.05, 3.63) is 22.8 Å². The third kappa shape index (κ3) is 3.29. The number of aromatic carboxylic acids is 1. The van der Waals surface area contributed by atoms with Gasteiger partial charge in [-0.3, -0.25) is 14.5 Å². The van der Waals surface area contributed by atoms with Crippen molar-refractivity contribution in [2.24, 2.45) is 0 Å². The van der Waals surface area contributed by atoms with Crippen molar-refractivity contribution in [3.8, 4) is 0 Å². The van der Waals surface area contributed by atoms with E-state index in [1.54, 1.807) is 0 Å². The summed E-state index contributed by atoms with van der Waals surface area (Å²) in [5, 5.41) is 8.78. The van der Waals surface area contributed by atoms with E-state index in [1.165, 1.54) is 24.0 Å². The number of thioether (sulfide) groups is 1. The zero-order valence-corrected chi connectivity index (χ0v) is 12.1. The first-order valence-electron chi connectivity index (χ1n) is 5.75. The maximum absolute atomic E-state index is 11.9. The molecule has 1 N–H and O–H groups in total. The Morgan fingerprint density at radius 3 is 2.80 bits per heavy atom. The molecule has 1 aromatic heterocycles. The Bertz CT molecular complexity index is 593. The second kappa shape index (κ2) is 5.80. The van der Waals surface area contributed by atoms with Gasteiger partial charge in [-0.1, -0.05) is 23.4 Å². The third-order valence-corrected chi connectivity index (χ3v) is 3.90. The Kier molecular flexibility index (Phi) is 4.29. The van der Waals surface area contributed by atoms with E-state index in [4.69, 9.17) is 16.7 Å². The summed E-state index contributed by atoms with van der Waals surface area (Å²) in [5.41, 5.74) is -0.0320. The number of carboxylic acids is 1. The van der Waals surface area contributed by atoms with E-state index in [2.05, 4.69) is 4.98 Å². The molecule has 1 unspecified atom stereocenters. The Morgan fingerprint density at radius 1 is 1.50 bits per heavy atom. The Balaban J connectivity index is 2.25. The average Bonchev–Trinajstić information content (AvgIpc) is 2.68. The predicted octanol–water partition coefficient (Wildman–Crippen LogP) is 1.82. The van der Waals surface area contributed by atoms with Gasteiger partial charge >= 0.3 is 5.97 Å². The molecule has 1 fully saturated rings. The Labute approximate surface area is 124 Å². The van der Waals surface area contributed by atoms with Crippen LogP contribution in [0.2, 0.25) is 5.15 Å². The van der Waals surface area contributed by atoms with Crippen molar-refractivity contribution in [3.63, 3.8) is 0 Å². The molecule has 2 rings (SSSR count). The molecule has 1 aliphatic rings. The van der Waals surface area contributed by atoms with Crippen LogP contribution in [0.1, 0.15) is 23.7 Å². The number of rotatable bonds is 3. The molecule has 1 aliphatic heterocycles. The number of hydrogen-bond donors (Lipinski definition) is 1. The van der Waals surface area contributed by atoms with E-state index >= 15 is 0 Å². The van der Waals surface area contributed by atoms with E-state index < -0.39 is 5.97 Å². The highest BCUT2D eigenvalue weighted by molar-refractivity contribution is 8.14. The van der Waals surface area contributed by atoms with Crippen LogP contribution in [-0.2, 0) is 9.59 Å². The molecule has 0 saturated carbocycles. The molecule has 1 saturated heterocycles. The van der Waals surface area contributed by atoms with Gasteiger partial charge in [0.25, 0.3) is 0 Å². The minimum atomic E-state index is -1.14. The van der Waals surface area contributed by atoms with Gasteiger partial charge in [-0.25, -0.2) is 9.78 Å². The summed E-state index contributed by atoms with van der Waals surface area (Å²) in [6.07, 6.45) is 0.223. The molecule has 0 aromatic carbocycles. The van der Waals surface area contributed by atoms with Gasteiger partial charge in [0.05, 0.1) is 5.56 Å². The first kappa shape index (κ1) is 14.8. The fourth-order valence-corrected chi connectivity index (χ4v) is 3.08. The SMILES string of the molecule is CC(=O)SC1CC(=O)N(c2cc(C(=O)O)cc(Cl)n2)C1. The summed E-state index contributed by atoms with van der Waals surface area (Å²) in [4.78, 5) is 39.3. The third-order valence-electron chi connectivity index (χ3n) is 2.73. The van der Waals surface area contributed by atoms with Gasteiger partial charge in [-0.05, 0) is 12.1 Å². The lowest BCUT2D eigenvalue weighted by Gasteiger charge is -2.16. The fourth-order valence-electron chi connectivity index (χ4n) is 1.95. The number of amides is 1. The molecule has 1 amide bonds. The van der Waals surface area contributed by atoms with Crippen LogP contribution in [0.25, 0.3) is 0 Å². The summed E-state index contributed by atoms with van der Waals surface area (Å²) in [5.74, 6) is -1.14. The van der Waals surface area contributed by atoms with E-state index in [0.717, 1.165) is 11.8 Å². The number of anilines is 1. The van der Waals surface area contributed by atoms with Crippen molar-refractivity contribution in [1.29, 1.82) is 0 Å². The molecule has 106 valence electrons. The van der Waals surface area contributed by atoms with E-state index in [0.29, 0.717) is 6.54 Å². The van der Waals surface area contributed by atoms with E-state index in [1.807, 2.05) is 0 Å². The average molecular weight is 315 g/mol. The highest BCUT2D eigenvalue weighted by Crippen LogP contribution is 2.29. The number of pyridine rings is 1. The number of carbonyl (C=O) groups excluding carboxylic acids is 2. The normalized spacial score (nSPS) is 18.4. The summed E-state index contributed by atoms with van der Waals surface area (Å²) in [6, 6.07) is 2.52. The van der Waals surface area contributed by atoms with Crippen molar-refractivity contribution in [2.75, 3.05) is 11.4 Å². The Hall–Kier alpha value is -1.60. The lowest BCUT2D eigenvalue weighted by atomic mass is 10.2. The number of aromatic nitrogens is 1. The molecule has 8 heteroatoms. The van der Waals surface area contributed by atoms with Crippen LogP contribution in [0.5, 0.6) is 0 Å². The monoisotopic (exact) mass is 314 g/mol. The first-order valence-corrected chi connectivity index (χ1v) is 7.01. The van der Waals surface area contributed by atoms with Crippen LogP contribution in [0, 0.1) is 0 Å². The molecule has 2 heterocycles. The minimum absolute atomic E-state index is 0.00960. The molecule has 6 nitrogen and oxygen atoms in total. The molecular formula is C12H11ClN2O4S. The van der Waals surface area contributed by atoms with Crippen molar-refractivity contribution < 1.29 is 19.5 Å². The molecule has 1 aromatic rings. The van der Waals surface area contributed by atoms with Gasteiger partial charge in [0.15, 0.2) is 5.12 Å². The van der Waals surface area contributed by atoms with Crippen LogP contribution < -0.4 is 4.90 Å². The van der Waals surface area contributed by atoms with Crippen molar-refractivity contribution in [1.82, 2.24) is 4.98 Å². The summed E-state index contributed by atoms with van der Waals surface area (Å²) in [7, 11) is 0. The predicted molar refractivity (Wildman–Crippen MR) is 75.2 cm³/mol. The highest BCUT2D eigenvalue weighted by Gasteiger charge is 2.33. The standard InChI is InChI=1S/C12H11ClN2O4S/c1-6(16)20-8-4-11(17)15(5-8)10-3-7(12(18)19)2-9(13)14-10/h2-3,8H,4-5H2,1H3,(H,18,19). The van der Waals surface area contributed by atoms with Gasteiger partial charge in [0.1, 0.15) is 11.0 Å². The smallest absolute Gasteiger partial charge is 0.335 e. The largest absolute Gasteiger partial charge is 0.478 e. The topological polar surface area (TPSA) is 87.6 Å². The maximum atomic E-state index is 11.9. The van der Waals surface area contributed by atoms with Crippen LogP contribution in [0.3, 0.4) is 0 Å². The molecule has 20 heavy (non-hydrogen) atoms. The zero-order valence-electron chi connectivity index (χ0n) is 10.5. The Morgan fingerprint density at radius 2 is 2.20 bits per heavy atom. The second-order valence-corrected chi connectivity index (χ2v) is 6.15. The quantitative estimate of drug-likeness (QED) is 0.856.